The number of carbonyl (C=O) groups is 1. The van der Waals surface area contributed by atoms with Gasteiger partial charge in [0, 0.05) is 17.7 Å². The van der Waals surface area contributed by atoms with E-state index in [9.17, 15) is 4.79 Å². The minimum absolute atomic E-state index is 0.175. The van der Waals surface area contributed by atoms with E-state index in [2.05, 4.69) is 44.8 Å². The molecule has 2 bridgehead atoms. The number of thioether (sulfide) groups is 1. The molecule has 4 nitrogen and oxygen atoms in total. The molecule has 0 radical (unpaired) electrons. The summed E-state index contributed by atoms with van der Waals surface area (Å²) in [4.78, 5) is 13.9. The Kier molecular flexibility index (Phi) is 4.36. The molecule has 2 atom stereocenters. The van der Waals surface area contributed by atoms with Crippen molar-refractivity contribution in [2.24, 2.45) is 32.9 Å². The Hall–Kier alpha value is -0.840. The van der Waals surface area contributed by atoms with Gasteiger partial charge in [0.05, 0.1) is 5.75 Å². The molecule has 1 amide bonds. The van der Waals surface area contributed by atoms with Crippen molar-refractivity contribution < 1.29 is 4.79 Å². The first-order valence-electron chi connectivity index (χ1n) is 8.84. The summed E-state index contributed by atoms with van der Waals surface area (Å²) in [6.45, 7) is 12.2. The first kappa shape index (κ1) is 17.0. The number of amides is 1. The van der Waals surface area contributed by atoms with E-state index in [1.807, 2.05) is 4.90 Å². The summed E-state index contributed by atoms with van der Waals surface area (Å²) in [6, 6.07) is 0. The number of hydrogen-bond donors (Lipinski definition) is 0. The monoisotopic (exact) mass is 335 g/mol. The van der Waals surface area contributed by atoms with Gasteiger partial charge in [-0.25, -0.2) is 0 Å². The van der Waals surface area contributed by atoms with Crippen molar-refractivity contribution in [2.75, 3.05) is 12.3 Å². The van der Waals surface area contributed by atoms with Gasteiger partial charge in [-0.2, -0.15) is 5.10 Å². The van der Waals surface area contributed by atoms with Crippen LogP contribution in [0.25, 0.3) is 0 Å². The third-order valence-corrected chi connectivity index (χ3v) is 7.51. The third kappa shape index (κ3) is 2.75. The topological polar surface area (TPSA) is 45.0 Å². The second-order valence-electron chi connectivity index (χ2n) is 8.44. The summed E-state index contributed by atoms with van der Waals surface area (Å²) in [5, 5.41) is 9.97. The largest absolute Gasteiger partial charge is 0.289 e. The third-order valence-electron chi connectivity index (χ3n) is 6.56. The Labute approximate surface area is 144 Å². The molecule has 0 spiro atoms. The van der Waals surface area contributed by atoms with Gasteiger partial charge in [0.2, 0.25) is 5.91 Å². The highest BCUT2D eigenvalue weighted by Gasteiger charge is 2.60. The van der Waals surface area contributed by atoms with Gasteiger partial charge >= 0.3 is 0 Å². The van der Waals surface area contributed by atoms with Crippen LogP contribution in [0.15, 0.2) is 10.2 Å². The van der Waals surface area contributed by atoms with Gasteiger partial charge in [0.1, 0.15) is 0 Å². The van der Waals surface area contributed by atoms with Crippen molar-refractivity contribution in [2.45, 2.75) is 60.3 Å². The standard InChI is InChI=1S/C18H29N3OS/c1-12(2)7-9-21-15(22)11-23-16(21)20-19-14-10-13-6-8-18(14,5)17(13,3)4/h12-13H,6-11H2,1-5H3/b19-14+,20-16-/t13-,18+/m1/s1. The highest BCUT2D eigenvalue weighted by atomic mass is 32.2. The highest BCUT2D eigenvalue weighted by molar-refractivity contribution is 8.15. The highest BCUT2D eigenvalue weighted by Crippen LogP contribution is 2.64. The van der Waals surface area contributed by atoms with Crippen LogP contribution in [-0.4, -0.2) is 34.0 Å². The first-order valence-corrected chi connectivity index (χ1v) is 9.82. The molecule has 3 aliphatic rings. The number of carbonyl (C=O) groups excluding carboxylic acids is 1. The van der Waals surface area contributed by atoms with Crippen molar-refractivity contribution >= 4 is 28.5 Å². The lowest BCUT2D eigenvalue weighted by Gasteiger charge is -2.34. The molecule has 128 valence electrons. The molecule has 1 saturated heterocycles. The molecule has 0 aromatic heterocycles. The molecule has 3 rings (SSSR count). The minimum Gasteiger partial charge on any atom is -0.289 e. The Bertz CT molecular complexity index is 567. The molecule has 1 aliphatic heterocycles. The smallest absolute Gasteiger partial charge is 0.239 e. The van der Waals surface area contributed by atoms with E-state index in [-0.39, 0.29) is 11.3 Å². The van der Waals surface area contributed by atoms with Crippen molar-refractivity contribution in [3.05, 3.63) is 0 Å². The zero-order chi connectivity index (χ0) is 16.8. The summed E-state index contributed by atoms with van der Waals surface area (Å²) in [7, 11) is 0. The molecule has 0 unspecified atom stereocenters. The molecule has 0 N–H and O–H groups in total. The Morgan fingerprint density at radius 1 is 1.30 bits per heavy atom. The van der Waals surface area contributed by atoms with Gasteiger partial charge in [-0.15, -0.1) is 5.10 Å². The molecule has 23 heavy (non-hydrogen) atoms. The van der Waals surface area contributed by atoms with E-state index in [0.29, 0.717) is 17.1 Å². The summed E-state index contributed by atoms with van der Waals surface area (Å²) < 4.78 is 0. The maximum atomic E-state index is 12.1. The second-order valence-corrected chi connectivity index (χ2v) is 9.38. The van der Waals surface area contributed by atoms with E-state index < -0.39 is 0 Å². The number of hydrogen-bond acceptors (Lipinski definition) is 4. The van der Waals surface area contributed by atoms with E-state index >= 15 is 0 Å². The fourth-order valence-electron chi connectivity index (χ4n) is 4.26. The summed E-state index contributed by atoms with van der Waals surface area (Å²) in [5.41, 5.74) is 1.75. The molecule has 5 heteroatoms. The van der Waals surface area contributed by atoms with Gasteiger partial charge in [-0.3, -0.25) is 9.69 Å². The van der Waals surface area contributed by atoms with Crippen LogP contribution in [0.4, 0.5) is 0 Å². The van der Waals surface area contributed by atoms with Crippen molar-refractivity contribution in [1.82, 2.24) is 4.90 Å². The lowest BCUT2D eigenvalue weighted by Crippen LogP contribution is -2.33. The molecule has 0 aromatic carbocycles. The van der Waals surface area contributed by atoms with Gasteiger partial charge in [0.25, 0.3) is 0 Å². The van der Waals surface area contributed by atoms with Crippen LogP contribution in [-0.2, 0) is 4.79 Å². The van der Waals surface area contributed by atoms with Gasteiger partial charge < -0.3 is 0 Å². The number of rotatable bonds is 4. The molecular formula is C18H29N3OS. The van der Waals surface area contributed by atoms with E-state index in [1.54, 1.807) is 0 Å². The second kappa shape index (κ2) is 5.91. The van der Waals surface area contributed by atoms with E-state index in [1.165, 1.54) is 30.3 Å². The van der Waals surface area contributed by atoms with Crippen LogP contribution >= 0.6 is 11.8 Å². The predicted octanol–water partition coefficient (Wildman–Crippen LogP) is 4.17. The quantitative estimate of drug-likeness (QED) is 0.724. The Morgan fingerprint density at radius 2 is 2.04 bits per heavy atom. The van der Waals surface area contributed by atoms with Gasteiger partial charge in [0.15, 0.2) is 5.17 Å². The molecule has 3 fully saturated rings. The zero-order valence-corrected chi connectivity index (χ0v) is 15.9. The van der Waals surface area contributed by atoms with Gasteiger partial charge in [-0.1, -0.05) is 46.4 Å². The van der Waals surface area contributed by atoms with Crippen LogP contribution in [0.5, 0.6) is 0 Å². The van der Waals surface area contributed by atoms with Crippen molar-refractivity contribution in [3.63, 3.8) is 0 Å². The van der Waals surface area contributed by atoms with Crippen molar-refractivity contribution in [1.29, 1.82) is 0 Å². The fourth-order valence-corrected chi connectivity index (χ4v) is 5.12. The fraction of sp³-hybridized carbons (Fsp3) is 0.833. The molecule has 2 aliphatic carbocycles. The van der Waals surface area contributed by atoms with Crippen LogP contribution in [0.2, 0.25) is 0 Å². The van der Waals surface area contributed by atoms with Gasteiger partial charge in [-0.05, 0) is 42.9 Å². The lowest BCUT2D eigenvalue weighted by atomic mass is 9.70. The average molecular weight is 336 g/mol. The van der Waals surface area contributed by atoms with Crippen LogP contribution in [0.1, 0.15) is 60.3 Å². The number of amidine groups is 1. The van der Waals surface area contributed by atoms with E-state index in [4.69, 9.17) is 0 Å². The molecule has 0 aromatic rings. The lowest BCUT2D eigenvalue weighted by molar-refractivity contribution is -0.124. The Morgan fingerprint density at radius 3 is 2.61 bits per heavy atom. The normalized spacial score (nSPS) is 36.2. The number of nitrogens with zero attached hydrogens (tertiary/aromatic N) is 3. The minimum atomic E-state index is 0.175. The van der Waals surface area contributed by atoms with Crippen LogP contribution < -0.4 is 0 Å². The maximum absolute atomic E-state index is 12.1. The Balaban J connectivity index is 1.78. The maximum Gasteiger partial charge on any atom is 0.239 e. The SMILES string of the molecule is CC(C)CCN1C(=O)CS/C1=N\N=C1/C[C@H]2CC[C@]1(C)C2(C)C. The summed E-state index contributed by atoms with van der Waals surface area (Å²) >= 11 is 1.53. The summed E-state index contributed by atoms with van der Waals surface area (Å²) in [5.74, 6) is 2.01. The number of fused-ring (bicyclic) bond motifs is 2. The average Bonchev–Trinajstić information content (AvgIpc) is 3.00. The molecule has 2 saturated carbocycles. The first-order chi connectivity index (χ1) is 10.8. The van der Waals surface area contributed by atoms with Crippen LogP contribution in [0, 0.1) is 22.7 Å². The summed E-state index contributed by atoms with van der Waals surface area (Å²) in [6.07, 6.45) is 4.62. The zero-order valence-electron chi connectivity index (χ0n) is 15.1. The van der Waals surface area contributed by atoms with Crippen molar-refractivity contribution in [3.8, 4) is 0 Å². The van der Waals surface area contributed by atoms with Crippen LogP contribution in [0.3, 0.4) is 0 Å². The van der Waals surface area contributed by atoms with E-state index in [0.717, 1.165) is 30.5 Å². The molecular weight excluding hydrogens is 306 g/mol. The molecule has 1 heterocycles. The predicted molar refractivity (Wildman–Crippen MR) is 97.7 cm³/mol.